The second-order valence-corrected chi connectivity index (χ2v) is 6.35. The van der Waals surface area contributed by atoms with Crippen molar-refractivity contribution in [2.45, 2.75) is 63.0 Å². The molecule has 0 bridgehead atoms. The van der Waals surface area contributed by atoms with E-state index < -0.39 is 5.60 Å². The predicted molar refractivity (Wildman–Crippen MR) is 77.7 cm³/mol. The van der Waals surface area contributed by atoms with E-state index in [-0.39, 0.29) is 5.91 Å². The van der Waals surface area contributed by atoms with Gasteiger partial charge in [0.1, 0.15) is 5.69 Å². The summed E-state index contributed by atoms with van der Waals surface area (Å²) in [5.74, 6) is -0.0547. The van der Waals surface area contributed by atoms with Gasteiger partial charge in [-0.2, -0.15) is 0 Å². The summed E-state index contributed by atoms with van der Waals surface area (Å²) in [5.41, 5.74) is 0.0380. The number of amides is 1. The molecule has 2 aliphatic rings. The van der Waals surface area contributed by atoms with Gasteiger partial charge < -0.3 is 15.0 Å². The highest BCUT2D eigenvalue weighted by Crippen LogP contribution is 2.33. The lowest BCUT2D eigenvalue weighted by Crippen LogP contribution is -2.44. The van der Waals surface area contributed by atoms with E-state index in [0.29, 0.717) is 12.6 Å². The second-order valence-electron chi connectivity index (χ2n) is 6.35. The molecule has 4 heteroatoms. The van der Waals surface area contributed by atoms with Crippen molar-refractivity contribution < 1.29 is 9.90 Å². The van der Waals surface area contributed by atoms with E-state index in [0.717, 1.165) is 31.4 Å². The number of aliphatic hydroxyl groups is 1. The predicted octanol–water partition coefficient (Wildman–Crippen LogP) is 2.64. The molecule has 0 aromatic carbocycles. The van der Waals surface area contributed by atoms with Crippen LogP contribution in [0.25, 0.3) is 0 Å². The topological polar surface area (TPSA) is 54.3 Å². The maximum atomic E-state index is 12.3. The molecule has 4 nitrogen and oxygen atoms in total. The van der Waals surface area contributed by atoms with E-state index >= 15 is 0 Å². The first-order valence-corrected chi connectivity index (χ1v) is 7.85. The molecule has 0 unspecified atom stereocenters. The highest BCUT2D eigenvalue weighted by atomic mass is 16.3. The fraction of sp³-hybridized carbons (Fsp3) is 0.688. The van der Waals surface area contributed by atoms with E-state index in [9.17, 15) is 9.90 Å². The standard InChI is InChI=1S/C16H24N2O2/c19-15(17-12-16(20)9-2-1-3-10-16)14-8-5-11-18(14)13-6-4-7-13/h5,8,11,13,20H,1-4,6-7,9-10,12H2,(H,17,19). The van der Waals surface area contributed by atoms with Crippen LogP contribution in [0.15, 0.2) is 18.3 Å². The number of aromatic nitrogens is 1. The van der Waals surface area contributed by atoms with E-state index in [1.54, 1.807) is 0 Å². The molecule has 1 heterocycles. The van der Waals surface area contributed by atoms with Gasteiger partial charge in [0.25, 0.3) is 5.91 Å². The first-order valence-electron chi connectivity index (χ1n) is 7.85. The minimum atomic E-state index is -0.693. The SMILES string of the molecule is O=C(NCC1(O)CCCCC1)c1cccn1C1CCC1. The summed E-state index contributed by atoms with van der Waals surface area (Å²) in [6.07, 6.45) is 10.5. The molecule has 0 spiro atoms. The van der Waals surface area contributed by atoms with Gasteiger partial charge in [0.15, 0.2) is 0 Å². The minimum absolute atomic E-state index is 0.0547. The maximum Gasteiger partial charge on any atom is 0.268 e. The molecular weight excluding hydrogens is 252 g/mol. The fourth-order valence-electron chi connectivity index (χ4n) is 3.29. The number of hydrogen-bond acceptors (Lipinski definition) is 2. The molecule has 2 saturated carbocycles. The normalized spacial score (nSPS) is 22.2. The second kappa shape index (κ2) is 5.60. The molecule has 2 aliphatic carbocycles. The van der Waals surface area contributed by atoms with Crippen LogP contribution < -0.4 is 5.32 Å². The van der Waals surface area contributed by atoms with Gasteiger partial charge in [-0.3, -0.25) is 4.79 Å². The number of nitrogens with zero attached hydrogens (tertiary/aromatic N) is 1. The molecule has 0 saturated heterocycles. The van der Waals surface area contributed by atoms with Crippen LogP contribution >= 0.6 is 0 Å². The molecule has 1 aromatic heterocycles. The van der Waals surface area contributed by atoms with Crippen molar-refractivity contribution in [2.24, 2.45) is 0 Å². The Morgan fingerprint density at radius 1 is 1.30 bits per heavy atom. The summed E-state index contributed by atoms with van der Waals surface area (Å²) in [4.78, 5) is 12.3. The van der Waals surface area contributed by atoms with Crippen molar-refractivity contribution in [3.8, 4) is 0 Å². The van der Waals surface area contributed by atoms with Gasteiger partial charge in [-0.25, -0.2) is 0 Å². The molecule has 0 atom stereocenters. The largest absolute Gasteiger partial charge is 0.388 e. The van der Waals surface area contributed by atoms with Crippen molar-refractivity contribution in [3.63, 3.8) is 0 Å². The quantitative estimate of drug-likeness (QED) is 0.888. The Labute approximate surface area is 120 Å². The number of hydrogen-bond donors (Lipinski definition) is 2. The van der Waals surface area contributed by atoms with Gasteiger partial charge >= 0.3 is 0 Å². The van der Waals surface area contributed by atoms with Crippen LogP contribution in [0.3, 0.4) is 0 Å². The van der Waals surface area contributed by atoms with Gasteiger partial charge in [0, 0.05) is 18.8 Å². The van der Waals surface area contributed by atoms with E-state index in [2.05, 4.69) is 9.88 Å². The molecule has 0 radical (unpaired) electrons. The number of nitrogens with one attached hydrogen (secondary N) is 1. The first kappa shape index (κ1) is 13.7. The zero-order valence-corrected chi connectivity index (χ0v) is 12.0. The molecule has 1 aromatic rings. The summed E-state index contributed by atoms with van der Waals surface area (Å²) < 4.78 is 2.09. The van der Waals surface area contributed by atoms with Crippen LogP contribution in [0.5, 0.6) is 0 Å². The fourth-order valence-corrected chi connectivity index (χ4v) is 3.29. The number of rotatable bonds is 4. The van der Waals surface area contributed by atoms with Crippen LogP contribution in [0.4, 0.5) is 0 Å². The van der Waals surface area contributed by atoms with Crippen LogP contribution in [0.2, 0.25) is 0 Å². The lowest BCUT2D eigenvalue weighted by atomic mass is 9.85. The van der Waals surface area contributed by atoms with Crippen LogP contribution in [0.1, 0.15) is 67.9 Å². The Balaban J connectivity index is 1.60. The molecule has 3 rings (SSSR count). The maximum absolute atomic E-state index is 12.3. The molecule has 1 amide bonds. The summed E-state index contributed by atoms with van der Waals surface area (Å²) in [6.45, 7) is 0.377. The van der Waals surface area contributed by atoms with Crippen LogP contribution in [0, 0.1) is 0 Å². The molecule has 0 aliphatic heterocycles. The Hall–Kier alpha value is -1.29. The van der Waals surface area contributed by atoms with Gasteiger partial charge in [-0.05, 0) is 44.2 Å². The van der Waals surface area contributed by atoms with Crippen molar-refractivity contribution in [3.05, 3.63) is 24.0 Å². The lowest BCUT2D eigenvalue weighted by Gasteiger charge is -2.32. The van der Waals surface area contributed by atoms with Gasteiger partial charge in [0.2, 0.25) is 0 Å². The highest BCUT2D eigenvalue weighted by molar-refractivity contribution is 5.92. The summed E-state index contributed by atoms with van der Waals surface area (Å²) in [5, 5.41) is 13.4. The van der Waals surface area contributed by atoms with Crippen LogP contribution in [-0.4, -0.2) is 27.7 Å². The van der Waals surface area contributed by atoms with Crippen LogP contribution in [-0.2, 0) is 0 Å². The summed E-state index contributed by atoms with van der Waals surface area (Å²) in [6, 6.07) is 4.30. The Kier molecular flexibility index (Phi) is 3.83. The van der Waals surface area contributed by atoms with Crippen molar-refractivity contribution >= 4 is 5.91 Å². The number of carbonyl (C=O) groups is 1. The van der Waals surface area contributed by atoms with E-state index in [1.807, 2.05) is 18.3 Å². The third kappa shape index (κ3) is 2.75. The molecule has 20 heavy (non-hydrogen) atoms. The van der Waals surface area contributed by atoms with Gasteiger partial charge in [-0.1, -0.05) is 19.3 Å². The third-order valence-electron chi connectivity index (χ3n) is 4.84. The van der Waals surface area contributed by atoms with Gasteiger partial charge in [0.05, 0.1) is 5.60 Å². The Morgan fingerprint density at radius 2 is 2.05 bits per heavy atom. The monoisotopic (exact) mass is 276 g/mol. The average molecular weight is 276 g/mol. The average Bonchev–Trinajstić information content (AvgIpc) is 2.84. The lowest BCUT2D eigenvalue weighted by molar-refractivity contribution is 0.00514. The minimum Gasteiger partial charge on any atom is -0.388 e. The zero-order chi connectivity index (χ0) is 14.0. The van der Waals surface area contributed by atoms with E-state index in [1.165, 1.54) is 25.7 Å². The summed E-state index contributed by atoms with van der Waals surface area (Å²) in [7, 11) is 0. The number of carbonyl (C=O) groups excluding carboxylic acids is 1. The van der Waals surface area contributed by atoms with Gasteiger partial charge in [-0.15, -0.1) is 0 Å². The third-order valence-corrected chi connectivity index (χ3v) is 4.84. The molecular formula is C16H24N2O2. The van der Waals surface area contributed by atoms with Crippen molar-refractivity contribution in [2.75, 3.05) is 6.54 Å². The zero-order valence-electron chi connectivity index (χ0n) is 12.0. The van der Waals surface area contributed by atoms with Crippen molar-refractivity contribution in [1.82, 2.24) is 9.88 Å². The first-order chi connectivity index (χ1) is 9.68. The van der Waals surface area contributed by atoms with E-state index in [4.69, 9.17) is 0 Å². The smallest absolute Gasteiger partial charge is 0.268 e. The Morgan fingerprint density at radius 3 is 2.70 bits per heavy atom. The molecule has 2 N–H and O–H groups in total. The molecule has 110 valence electrons. The highest BCUT2D eigenvalue weighted by Gasteiger charge is 2.30. The Bertz CT molecular complexity index is 471. The summed E-state index contributed by atoms with van der Waals surface area (Å²) >= 11 is 0. The molecule has 2 fully saturated rings. The van der Waals surface area contributed by atoms with Crippen molar-refractivity contribution in [1.29, 1.82) is 0 Å².